The average molecular weight is 423 g/mol. The zero-order valence-corrected chi connectivity index (χ0v) is 17.2. The van der Waals surface area contributed by atoms with Crippen molar-refractivity contribution < 1.29 is 26.4 Å². The molecule has 0 spiro atoms. The quantitative estimate of drug-likeness (QED) is 0.512. The molecule has 0 aromatic heterocycles. The molecule has 2 N–H and O–H groups in total. The molecule has 2 bridgehead atoms. The van der Waals surface area contributed by atoms with Gasteiger partial charge in [0.25, 0.3) is 0 Å². The first-order chi connectivity index (χ1) is 12.4. The van der Waals surface area contributed by atoms with Crippen LogP contribution in [0.25, 0.3) is 0 Å². The Morgan fingerprint density at radius 2 is 1.70 bits per heavy atom. The van der Waals surface area contributed by atoms with E-state index < -0.39 is 26.1 Å². The lowest BCUT2D eigenvalue weighted by Gasteiger charge is -2.37. The van der Waals surface area contributed by atoms with Crippen molar-refractivity contribution in [3.05, 3.63) is 0 Å². The van der Waals surface area contributed by atoms with Gasteiger partial charge in [-0.05, 0) is 26.2 Å². The highest BCUT2D eigenvalue weighted by Crippen LogP contribution is 2.38. The Hall–Kier alpha value is -1.24. The van der Waals surface area contributed by atoms with E-state index in [1.807, 2.05) is 0 Å². The molecule has 3 aliphatic heterocycles. The minimum atomic E-state index is -3.49. The summed E-state index contributed by atoms with van der Waals surface area (Å²) in [5.74, 6) is -0.840. The van der Waals surface area contributed by atoms with Crippen molar-refractivity contribution in [3.8, 4) is 0 Å². The largest absolute Gasteiger partial charge is 0.351 e. The number of nitrogens with zero attached hydrogens (tertiary/aromatic N) is 2. The van der Waals surface area contributed by atoms with Gasteiger partial charge in [0, 0.05) is 19.1 Å². The lowest BCUT2D eigenvalue weighted by atomic mass is 9.94. The van der Waals surface area contributed by atoms with Gasteiger partial charge in [-0.1, -0.05) is 0 Å². The maximum Gasteiger partial charge on any atom is 0.241 e. The molecule has 27 heavy (non-hydrogen) atoms. The van der Waals surface area contributed by atoms with Crippen LogP contribution in [0.2, 0.25) is 0 Å². The predicted molar refractivity (Wildman–Crippen MR) is 97.6 cm³/mol. The van der Waals surface area contributed by atoms with Crippen LogP contribution in [0.5, 0.6) is 0 Å². The van der Waals surface area contributed by atoms with Crippen LogP contribution in [-0.2, 0) is 29.6 Å². The van der Waals surface area contributed by atoms with Crippen molar-refractivity contribution in [2.45, 2.75) is 50.4 Å². The van der Waals surface area contributed by atoms with Crippen molar-refractivity contribution in [1.82, 2.24) is 19.2 Å². The molecule has 4 atom stereocenters. The number of carbonyl (C=O) groups excluding carboxylic acids is 2. The van der Waals surface area contributed by atoms with Crippen molar-refractivity contribution in [3.63, 3.8) is 0 Å². The van der Waals surface area contributed by atoms with Crippen molar-refractivity contribution in [2.24, 2.45) is 5.92 Å². The van der Waals surface area contributed by atoms with E-state index in [1.165, 1.54) is 11.2 Å². The Labute approximate surface area is 159 Å². The summed E-state index contributed by atoms with van der Waals surface area (Å²) in [6, 6.07) is -1.20. The van der Waals surface area contributed by atoms with Gasteiger partial charge in [-0.25, -0.2) is 25.9 Å². The van der Waals surface area contributed by atoms with E-state index >= 15 is 0 Å². The van der Waals surface area contributed by atoms with Gasteiger partial charge < -0.3 is 10.2 Å². The fraction of sp³-hybridized carbons (Fsp3) is 0.867. The van der Waals surface area contributed by atoms with Crippen LogP contribution in [0.4, 0.5) is 0 Å². The van der Waals surface area contributed by atoms with E-state index in [0.717, 1.165) is 25.4 Å². The highest BCUT2D eigenvalue weighted by atomic mass is 32.2. The van der Waals surface area contributed by atoms with E-state index in [1.54, 1.807) is 4.90 Å². The third kappa shape index (κ3) is 4.28. The summed E-state index contributed by atoms with van der Waals surface area (Å²) in [6.45, 7) is 1.88. The fourth-order valence-electron chi connectivity index (χ4n) is 4.26. The van der Waals surface area contributed by atoms with Crippen molar-refractivity contribution >= 4 is 31.9 Å². The Balaban J connectivity index is 1.58. The van der Waals surface area contributed by atoms with Gasteiger partial charge in [-0.15, -0.1) is 0 Å². The Kier molecular flexibility index (Phi) is 5.30. The molecule has 10 nitrogen and oxygen atoms in total. The molecule has 3 rings (SSSR count). The van der Waals surface area contributed by atoms with Crippen molar-refractivity contribution in [2.75, 3.05) is 25.6 Å². The molecule has 3 heterocycles. The third-order valence-electron chi connectivity index (χ3n) is 5.57. The van der Waals surface area contributed by atoms with Crippen LogP contribution in [0.15, 0.2) is 0 Å². The van der Waals surface area contributed by atoms with E-state index in [2.05, 4.69) is 10.0 Å². The van der Waals surface area contributed by atoms with Gasteiger partial charge in [0.05, 0.1) is 36.6 Å². The standard InChI is InChI=1S/C15H26N4O6S2/c1-9(17-26(2,22)23)15(21)19-11-4-5-13(19)12(6-11)16-14(20)10-7-18(8-10)27(3,24)25/h9-13,17H,4-8H2,1-3H3,(H,16,20)/t9?,11-,12-,13+/m1/s1. The first-order valence-electron chi connectivity index (χ1n) is 8.92. The van der Waals surface area contributed by atoms with Gasteiger partial charge in [0.2, 0.25) is 31.9 Å². The van der Waals surface area contributed by atoms with E-state index in [9.17, 15) is 26.4 Å². The van der Waals surface area contributed by atoms with Gasteiger partial charge >= 0.3 is 0 Å². The molecule has 0 saturated carbocycles. The normalized spacial score (nSPS) is 30.2. The van der Waals surface area contributed by atoms with Crippen molar-refractivity contribution in [1.29, 1.82) is 0 Å². The zero-order valence-electron chi connectivity index (χ0n) is 15.6. The molecule has 12 heteroatoms. The number of rotatable bonds is 6. The molecule has 1 unspecified atom stereocenters. The molecule has 0 radical (unpaired) electrons. The Morgan fingerprint density at radius 3 is 2.26 bits per heavy atom. The Bertz CT molecular complexity index is 836. The van der Waals surface area contributed by atoms with Crippen LogP contribution in [-0.4, -0.2) is 87.6 Å². The summed E-state index contributed by atoms with van der Waals surface area (Å²) in [7, 11) is -6.76. The lowest BCUT2D eigenvalue weighted by Crippen LogP contribution is -2.58. The van der Waals surface area contributed by atoms with E-state index in [-0.39, 0.29) is 48.9 Å². The maximum atomic E-state index is 12.7. The van der Waals surface area contributed by atoms with Gasteiger partial charge in [0.1, 0.15) is 0 Å². The van der Waals surface area contributed by atoms with Gasteiger partial charge in [-0.3, -0.25) is 9.59 Å². The van der Waals surface area contributed by atoms with Gasteiger partial charge in [-0.2, -0.15) is 0 Å². The van der Waals surface area contributed by atoms with Crippen LogP contribution in [0.1, 0.15) is 26.2 Å². The minimum absolute atomic E-state index is 0.00878. The predicted octanol–water partition coefficient (Wildman–Crippen LogP) is -1.94. The SMILES string of the molecule is CC(NS(C)(=O)=O)C(=O)N1[C@@H]2CC[C@H]1[C@H](NC(=O)C1CN(S(C)(=O)=O)C1)C2. The number of hydrogen-bond donors (Lipinski definition) is 2. The number of hydrogen-bond acceptors (Lipinski definition) is 6. The maximum absolute atomic E-state index is 12.7. The highest BCUT2D eigenvalue weighted by molar-refractivity contribution is 7.88. The second kappa shape index (κ2) is 6.98. The summed E-state index contributed by atoms with van der Waals surface area (Å²) >= 11 is 0. The van der Waals surface area contributed by atoms with Crippen LogP contribution >= 0.6 is 0 Å². The number of sulfonamides is 2. The minimum Gasteiger partial charge on any atom is -0.351 e. The first kappa shape index (κ1) is 20.5. The van der Waals surface area contributed by atoms with Crippen LogP contribution in [0.3, 0.4) is 0 Å². The highest BCUT2D eigenvalue weighted by Gasteiger charge is 2.50. The molecule has 154 valence electrons. The van der Waals surface area contributed by atoms with Crippen LogP contribution in [0, 0.1) is 5.92 Å². The summed E-state index contributed by atoms with van der Waals surface area (Å²) in [6.07, 6.45) is 4.35. The molecule has 3 aliphatic rings. The van der Waals surface area contributed by atoms with E-state index in [0.29, 0.717) is 6.42 Å². The molecule has 0 aliphatic carbocycles. The third-order valence-corrected chi connectivity index (χ3v) is 7.59. The number of nitrogens with one attached hydrogen (secondary N) is 2. The molecule has 3 saturated heterocycles. The zero-order chi connectivity index (χ0) is 20.1. The summed E-state index contributed by atoms with van der Waals surface area (Å²) in [5, 5.41) is 2.96. The fourth-order valence-corrected chi connectivity index (χ4v) is 5.90. The first-order valence-corrected chi connectivity index (χ1v) is 12.7. The van der Waals surface area contributed by atoms with E-state index in [4.69, 9.17) is 0 Å². The Morgan fingerprint density at radius 1 is 1.07 bits per heavy atom. The second-order valence-electron chi connectivity index (χ2n) is 7.78. The monoisotopic (exact) mass is 422 g/mol. The smallest absolute Gasteiger partial charge is 0.241 e. The molecule has 0 aromatic rings. The number of fused-ring (bicyclic) bond motifs is 2. The van der Waals surface area contributed by atoms with Gasteiger partial charge in [0.15, 0.2) is 0 Å². The molecular formula is C15H26N4O6S2. The number of carbonyl (C=O) groups is 2. The molecular weight excluding hydrogens is 396 g/mol. The number of amides is 2. The molecule has 2 amide bonds. The molecule has 0 aromatic carbocycles. The van der Waals surface area contributed by atoms with Crippen LogP contribution < -0.4 is 10.0 Å². The summed E-state index contributed by atoms with van der Waals surface area (Å²) in [4.78, 5) is 26.8. The summed E-state index contributed by atoms with van der Waals surface area (Å²) < 4.78 is 49.1. The lowest BCUT2D eigenvalue weighted by molar-refractivity contribution is -0.134. The second-order valence-corrected chi connectivity index (χ2v) is 11.5. The molecule has 3 fully saturated rings. The summed E-state index contributed by atoms with van der Waals surface area (Å²) in [5.41, 5.74) is 0. The topological polar surface area (TPSA) is 133 Å². The average Bonchev–Trinajstić information content (AvgIpc) is 2.98.